The molecule has 0 fully saturated rings. The topological polar surface area (TPSA) is 55.1 Å². The molecule has 0 radical (unpaired) electrons. The van der Waals surface area contributed by atoms with Gasteiger partial charge < -0.3 is 11.1 Å². The smallest absolute Gasteiger partial charge is 0.225 e. The third-order valence-electron chi connectivity index (χ3n) is 3.12. The fraction of sp³-hybridized carbons (Fsp3) is 0.500. The molecule has 18 heavy (non-hydrogen) atoms. The van der Waals surface area contributed by atoms with Crippen LogP contribution in [0.1, 0.15) is 32.4 Å². The molecule has 0 saturated heterocycles. The van der Waals surface area contributed by atoms with Gasteiger partial charge in [0, 0.05) is 11.0 Å². The normalized spacial score (nSPS) is 14.3. The lowest BCUT2D eigenvalue weighted by molar-refractivity contribution is -0.126. The van der Waals surface area contributed by atoms with Crippen LogP contribution in [-0.2, 0) is 4.79 Å². The first-order valence-electron chi connectivity index (χ1n) is 6.21. The summed E-state index contributed by atoms with van der Waals surface area (Å²) < 4.78 is 1.03. The lowest BCUT2D eigenvalue weighted by Crippen LogP contribution is -2.39. The summed E-state index contributed by atoms with van der Waals surface area (Å²) in [7, 11) is 0. The van der Waals surface area contributed by atoms with E-state index >= 15 is 0 Å². The molecule has 100 valence electrons. The van der Waals surface area contributed by atoms with Crippen molar-refractivity contribution in [3.8, 4) is 0 Å². The molecular weight excluding hydrogens is 292 g/mol. The van der Waals surface area contributed by atoms with Crippen LogP contribution in [0.2, 0.25) is 0 Å². The van der Waals surface area contributed by atoms with Crippen molar-refractivity contribution in [2.45, 2.75) is 26.8 Å². The van der Waals surface area contributed by atoms with Crippen LogP contribution < -0.4 is 11.1 Å². The molecule has 0 aliphatic carbocycles. The Morgan fingerprint density at radius 2 is 1.83 bits per heavy atom. The van der Waals surface area contributed by atoms with E-state index in [1.165, 1.54) is 0 Å². The molecule has 3 nitrogen and oxygen atoms in total. The van der Waals surface area contributed by atoms with Gasteiger partial charge in [-0.05, 0) is 30.5 Å². The van der Waals surface area contributed by atoms with Gasteiger partial charge in [-0.3, -0.25) is 4.79 Å². The molecule has 1 amide bonds. The molecule has 2 atom stereocenters. The second kappa shape index (κ2) is 6.90. The molecule has 3 N–H and O–H groups in total. The van der Waals surface area contributed by atoms with Gasteiger partial charge in [-0.2, -0.15) is 0 Å². The Bertz CT molecular complexity index is 389. The number of rotatable bonds is 5. The van der Waals surface area contributed by atoms with E-state index in [2.05, 4.69) is 21.2 Å². The molecule has 1 aromatic carbocycles. The van der Waals surface area contributed by atoms with E-state index in [0.29, 0.717) is 6.54 Å². The van der Waals surface area contributed by atoms with E-state index in [9.17, 15) is 4.79 Å². The largest absolute Gasteiger partial charge is 0.349 e. The van der Waals surface area contributed by atoms with Gasteiger partial charge in [0.05, 0.1) is 12.0 Å². The summed E-state index contributed by atoms with van der Waals surface area (Å²) >= 11 is 3.40. The van der Waals surface area contributed by atoms with Crippen LogP contribution in [0, 0.1) is 11.8 Å². The van der Waals surface area contributed by atoms with Crippen LogP contribution >= 0.6 is 15.9 Å². The first kappa shape index (κ1) is 15.2. The maximum atomic E-state index is 12.1. The van der Waals surface area contributed by atoms with Crippen molar-refractivity contribution >= 4 is 21.8 Å². The highest BCUT2D eigenvalue weighted by atomic mass is 79.9. The van der Waals surface area contributed by atoms with Crippen molar-refractivity contribution in [2.24, 2.45) is 17.6 Å². The van der Waals surface area contributed by atoms with E-state index in [1.54, 1.807) is 0 Å². The number of hydrogen-bond donors (Lipinski definition) is 2. The summed E-state index contributed by atoms with van der Waals surface area (Å²) in [4.78, 5) is 12.1. The minimum absolute atomic E-state index is 0.00148. The Morgan fingerprint density at radius 3 is 2.28 bits per heavy atom. The molecule has 0 aromatic heterocycles. The zero-order chi connectivity index (χ0) is 13.7. The van der Waals surface area contributed by atoms with E-state index in [1.807, 2.05) is 45.0 Å². The standard InChI is InChI=1S/C14H21BrN2O/c1-9(2)13(8-16)14(18)17-10(3)11-4-6-12(15)7-5-11/h4-7,9-10,13H,8,16H2,1-3H3,(H,17,18)/t10-,13?/m0/s1. The fourth-order valence-electron chi connectivity index (χ4n) is 1.84. The molecular formula is C14H21BrN2O. The summed E-state index contributed by atoms with van der Waals surface area (Å²) in [6.07, 6.45) is 0. The molecule has 0 aliphatic rings. The summed E-state index contributed by atoms with van der Waals surface area (Å²) in [6.45, 7) is 6.40. The minimum atomic E-state index is -0.122. The number of nitrogens with one attached hydrogen (secondary N) is 1. The minimum Gasteiger partial charge on any atom is -0.349 e. The number of carbonyl (C=O) groups excluding carboxylic acids is 1. The maximum Gasteiger partial charge on any atom is 0.225 e. The van der Waals surface area contributed by atoms with Gasteiger partial charge in [0.25, 0.3) is 0 Å². The second-order valence-corrected chi connectivity index (χ2v) is 5.78. The molecule has 1 unspecified atom stereocenters. The van der Waals surface area contributed by atoms with Gasteiger partial charge in [-0.25, -0.2) is 0 Å². The first-order chi connectivity index (χ1) is 8.45. The summed E-state index contributed by atoms with van der Waals surface area (Å²) in [5.41, 5.74) is 6.73. The van der Waals surface area contributed by atoms with Gasteiger partial charge in [-0.15, -0.1) is 0 Å². The Kier molecular flexibility index (Phi) is 5.82. The Labute approximate surface area is 117 Å². The average molecular weight is 313 g/mol. The third-order valence-corrected chi connectivity index (χ3v) is 3.65. The van der Waals surface area contributed by atoms with Crippen molar-refractivity contribution in [3.05, 3.63) is 34.3 Å². The van der Waals surface area contributed by atoms with Crippen molar-refractivity contribution in [2.75, 3.05) is 6.54 Å². The molecule has 0 bridgehead atoms. The lowest BCUT2D eigenvalue weighted by Gasteiger charge is -2.22. The highest BCUT2D eigenvalue weighted by Crippen LogP contribution is 2.18. The number of nitrogens with two attached hydrogens (primary N) is 1. The quantitative estimate of drug-likeness (QED) is 0.878. The molecule has 0 spiro atoms. The Balaban J connectivity index is 2.66. The van der Waals surface area contributed by atoms with Gasteiger partial charge in [-0.1, -0.05) is 41.9 Å². The number of hydrogen-bond acceptors (Lipinski definition) is 2. The lowest BCUT2D eigenvalue weighted by atomic mass is 9.94. The molecule has 1 aromatic rings. The van der Waals surface area contributed by atoms with Crippen LogP contribution in [0.25, 0.3) is 0 Å². The predicted molar refractivity (Wildman–Crippen MR) is 78.1 cm³/mol. The molecule has 4 heteroatoms. The Morgan fingerprint density at radius 1 is 1.28 bits per heavy atom. The summed E-state index contributed by atoms with van der Waals surface area (Å²) in [6, 6.07) is 7.95. The van der Waals surface area contributed by atoms with Crippen LogP contribution in [0.15, 0.2) is 28.7 Å². The van der Waals surface area contributed by atoms with Gasteiger partial charge >= 0.3 is 0 Å². The van der Waals surface area contributed by atoms with Crippen molar-refractivity contribution in [1.29, 1.82) is 0 Å². The number of amides is 1. The first-order valence-corrected chi connectivity index (χ1v) is 7.01. The van der Waals surface area contributed by atoms with Crippen molar-refractivity contribution in [3.63, 3.8) is 0 Å². The highest BCUT2D eigenvalue weighted by Gasteiger charge is 2.22. The van der Waals surface area contributed by atoms with Gasteiger partial charge in [0.2, 0.25) is 5.91 Å². The number of carbonyl (C=O) groups is 1. The average Bonchev–Trinajstić information content (AvgIpc) is 2.29. The van der Waals surface area contributed by atoms with E-state index < -0.39 is 0 Å². The summed E-state index contributed by atoms with van der Waals surface area (Å²) in [5.74, 6) is 0.165. The van der Waals surface area contributed by atoms with Gasteiger partial charge in [0.15, 0.2) is 0 Å². The SMILES string of the molecule is CC(C)C(CN)C(=O)N[C@@H](C)c1ccc(Br)cc1. The zero-order valence-corrected chi connectivity index (χ0v) is 12.7. The number of benzene rings is 1. The van der Waals surface area contributed by atoms with Crippen LogP contribution in [-0.4, -0.2) is 12.5 Å². The third kappa shape index (κ3) is 4.10. The van der Waals surface area contributed by atoms with Crippen molar-refractivity contribution < 1.29 is 4.79 Å². The summed E-state index contributed by atoms with van der Waals surface area (Å²) in [5, 5.41) is 3.01. The van der Waals surface area contributed by atoms with E-state index in [0.717, 1.165) is 10.0 Å². The van der Waals surface area contributed by atoms with Crippen LogP contribution in [0.3, 0.4) is 0 Å². The van der Waals surface area contributed by atoms with E-state index in [4.69, 9.17) is 5.73 Å². The maximum absolute atomic E-state index is 12.1. The van der Waals surface area contributed by atoms with Crippen molar-refractivity contribution in [1.82, 2.24) is 5.32 Å². The highest BCUT2D eigenvalue weighted by molar-refractivity contribution is 9.10. The second-order valence-electron chi connectivity index (χ2n) is 4.87. The molecule has 0 heterocycles. The van der Waals surface area contributed by atoms with E-state index in [-0.39, 0.29) is 23.8 Å². The molecule has 0 saturated carbocycles. The number of halogens is 1. The Hall–Kier alpha value is -0.870. The zero-order valence-electron chi connectivity index (χ0n) is 11.1. The predicted octanol–water partition coefficient (Wildman–Crippen LogP) is 2.86. The van der Waals surface area contributed by atoms with Gasteiger partial charge in [0.1, 0.15) is 0 Å². The van der Waals surface area contributed by atoms with Crippen LogP contribution in [0.5, 0.6) is 0 Å². The van der Waals surface area contributed by atoms with Crippen LogP contribution in [0.4, 0.5) is 0 Å². The monoisotopic (exact) mass is 312 g/mol. The molecule has 0 aliphatic heterocycles. The fourth-order valence-corrected chi connectivity index (χ4v) is 2.10. The molecule has 1 rings (SSSR count).